The summed E-state index contributed by atoms with van der Waals surface area (Å²) in [5, 5.41) is 19.3. The summed E-state index contributed by atoms with van der Waals surface area (Å²) in [4.78, 5) is 0. The molecule has 0 aromatic carbocycles. The van der Waals surface area contributed by atoms with Crippen LogP contribution in [0.1, 0.15) is 0 Å². The Labute approximate surface area is 84.8 Å². The first-order valence-corrected chi connectivity index (χ1v) is 4.49. The van der Waals surface area contributed by atoms with Gasteiger partial charge in [0.05, 0.1) is 39.6 Å². The molecule has 88 valence electrons. The highest BCUT2D eigenvalue weighted by molar-refractivity contribution is 4.49. The molecule has 0 radical (unpaired) electrons. The highest BCUT2D eigenvalue weighted by atomic mass is 16.5. The zero-order chi connectivity index (χ0) is 9.78. The third-order valence-electron chi connectivity index (χ3n) is 1.32. The van der Waals surface area contributed by atoms with Gasteiger partial charge in [-0.2, -0.15) is 0 Å². The number of morpholine rings is 1. The van der Waals surface area contributed by atoms with Crippen molar-refractivity contribution in [2.24, 2.45) is 0 Å². The zero-order valence-corrected chi connectivity index (χ0v) is 8.57. The van der Waals surface area contributed by atoms with Crippen molar-refractivity contribution < 1.29 is 19.7 Å². The normalized spacial score (nSPS) is 15.0. The lowest BCUT2D eigenvalue weighted by Gasteiger charge is -2.10. The average molecular weight is 210 g/mol. The molecule has 0 aromatic rings. The van der Waals surface area contributed by atoms with Crippen LogP contribution in [0, 0.1) is 0 Å². The highest BCUT2D eigenvalue weighted by Crippen LogP contribution is 1.76. The van der Waals surface area contributed by atoms with Gasteiger partial charge in [0.1, 0.15) is 0 Å². The van der Waals surface area contributed by atoms with Gasteiger partial charge in [0.2, 0.25) is 0 Å². The summed E-state index contributed by atoms with van der Waals surface area (Å²) in [6, 6.07) is 0. The summed E-state index contributed by atoms with van der Waals surface area (Å²) >= 11 is 0. The fraction of sp³-hybridized carbons (Fsp3) is 1.00. The lowest BCUT2D eigenvalue weighted by atomic mass is 10.5. The van der Waals surface area contributed by atoms with Crippen LogP contribution in [0.25, 0.3) is 0 Å². The van der Waals surface area contributed by atoms with Gasteiger partial charge in [0.15, 0.2) is 0 Å². The van der Waals surface area contributed by atoms with E-state index in [9.17, 15) is 0 Å². The van der Waals surface area contributed by atoms with Crippen molar-refractivity contribution in [1.82, 2.24) is 11.5 Å². The van der Waals surface area contributed by atoms with Crippen molar-refractivity contribution in [1.29, 1.82) is 0 Å². The molecule has 6 N–H and O–H groups in total. The van der Waals surface area contributed by atoms with E-state index in [4.69, 9.17) is 14.9 Å². The minimum absolute atomic E-state index is 0. The zero-order valence-electron chi connectivity index (χ0n) is 8.57. The van der Waals surface area contributed by atoms with Crippen molar-refractivity contribution >= 4 is 0 Å². The van der Waals surface area contributed by atoms with E-state index in [1.54, 1.807) is 0 Å². The van der Waals surface area contributed by atoms with Gasteiger partial charge < -0.3 is 31.2 Å². The second-order valence-corrected chi connectivity index (χ2v) is 2.42. The van der Waals surface area contributed by atoms with Gasteiger partial charge in [0.25, 0.3) is 0 Å². The predicted octanol–water partition coefficient (Wildman–Crippen LogP) is -1.24. The monoisotopic (exact) mass is 210 g/mol. The Balaban J connectivity index is 0. The molecule has 1 saturated heterocycles. The van der Waals surface area contributed by atoms with Crippen LogP contribution in [0.15, 0.2) is 0 Å². The smallest absolute Gasteiger partial charge is 0.0698 e. The maximum Gasteiger partial charge on any atom is 0.0698 e. The molecule has 1 aliphatic heterocycles. The number of hydrogen-bond acceptors (Lipinski definition) is 6. The maximum absolute atomic E-state index is 8.09. The van der Waals surface area contributed by atoms with Gasteiger partial charge in [-0.1, -0.05) is 0 Å². The molecule has 0 spiro atoms. The lowest BCUT2D eigenvalue weighted by molar-refractivity contribution is 0.0650. The number of aliphatic hydroxyl groups is 2. The molecule has 1 rings (SSSR count). The number of nitrogens with one attached hydrogen (secondary N) is 1. The predicted molar refractivity (Wildman–Crippen MR) is 53.7 cm³/mol. The van der Waals surface area contributed by atoms with Gasteiger partial charge in [-0.15, -0.1) is 0 Å². The molecule has 1 fully saturated rings. The van der Waals surface area contributed by atoms with Gasteiger partial charge in [-0.05, 0) is 0 Å². The van der Waals surface area contributed by atoms with E-state index in [0.29, 0.717) is 13.2 Å². The van der Waals surface area contributed by atoms with Crippen LogP contribution < -0.4 is 11.5 Å². The molecule has 14 heavy (non-hydrogen) atoms. The van der Waals surface area contributed by atoms with E-state index >= 15 is 0 Å². The molecule has 6 heteroatoms. The van der Waals surface area contributed by atoms with Crippen molar-refractivity contribution in [3.8, 4) is 0 Å². The fourth-order valence-corrected chi connectivity index (χ4v) is 0.747. The molecule has 1 aliphatic rings. The number of ether oxygens (including phenoxy) is 2. The topological polar surface area (TPSA) is 106 Å². The Morgan fingerprint density at radius 3 is 1.79 bits per heavy atom. The Bertz CT molecular complexity index is 75.9. The summed E-state index contributed by atoms with van der Waals surface area (Å²) in [6.07, 6.45) is 0. The summed E-state index contributed by atoms with van der Waals surface area (Å²) in [7, 11) is 0. The van der Waals surface area contributed by atoms with Crippen molar-refractivity contribution in [3.05, 3.63) is 0 Å². The lowest BCUT2D eigenvalue weighted by Crippen LogP contribution is -2.30. The van der Waals surface area contributed by atoms with E-state index in [1.807, 2.05) is 0 Å². The summed E-state index contributed by atoms with van der Waals surface area (Å²) in [5.41, 5.74) is 0. The molecule has 0 aliphatic carbocycles. The molecule has 0 unspecified atom stereocenters. The summed E-state index contributed by atoms with van der Waals surface area (Å²) < 4.78 is 9.64. The second-order valence-electron chi connectivity index (χ2n) is 2.42. The highest BCUT2D eigenvalue weighted by Gasteiger charge is 1.92. The van der Waals surface area contributed by atoms with Crippen molar-refractivity contribution in [2.75, 3.05) is 52.7 Å². The summed E-state index contributed by atoms with van der Waals surface area (Å²) in [5.74, 6) is 0. The molecular weight excluding hydrogens is 188 g/mol. The third kappa shape index (κ3) is 14.3. The first-order valence-electron chi connectivity index (χ1n) is 4.49. The maximum atomic E-state index is 8.09. The number of hydrogen-bond donors (Lipinski definition) is 4. The van der Waals surface area contributed by atoms with E-state index < -0.39 is 0 Å². The van der Waals surface area contributed by atoms with Crippen LogP contribution in [-0.2, 0) is 9.47 Å². The van der Waals surface area contributed by atoms with E-state index in [0.717, 1.165) is 26.3 Å². The quantitative estimate of drug-likeness (QED) is 0.432. The van der Waals surface area contributed by atoms with Crippen LogP contribution in [0.3, 0.4) is 0 Å². The first-order chi connectivity index (χ1) is 6.41. The van der Waals surface area contributed by atoms with E-state index in [2.05, 4.69) is 10.1 Å². The van der Waals surface area contributed by atoms with Gasteiger partial charge in [-0.3, -0.25) is 0 Å². The molecule has 0 aromatic heterocycles. The van der Waals surface area contributed by atoms with E-state index in [1.165, 1.54) is 0 Å². The van der Waals surface area contributed by atoms with Gasteiger partial charge in [0, 0.05) is 13.1 Å². The second kappa shape index (κ2) is 15.2. The third-order valence-corrected chi connectivity index (χ3v) is 1.32. The average Bonchev–Trinajstić information content (AvgIpc) is 2.22. The Morgan fingerprint density at radius 1 is 1.07 bits per heavy atom. The van der Waals surface area contributed by atoms with Crippen molar-refractivity contribution in [2.45, 2.75) is 0 Å². The molecule has 6 nitrogen and oxygen atoms in total. The Hall–Kier alpha value is -0.240. The molecule has 1 heterocycles. The van der Waals surface area contributed by atoms with Gasteiger partial charge >= 0.3 is 0 Å². The van der Waals surface area contributed by atoms with E-state index in [-0.39, 0.29) is 19.4 Å². The minimum atomic E-state index is 0. The van der Waals surface area contributed by atoms with Gasteiger partial charge in [-0.25, -0.2) is 0 Å². The van der Waals surface area contributed by atoms with Crippen molar-refractivity contribution in [3.63, 3.8) is 0 Å². The largest absolute Gasteiger partial charge is 0.394 e. The summed E-state index contributed by atoms with van der Waals surface area (Å²) in [6.45, 7) is 4.53. The molecule has 0 amide bonds. The SMILES string of the molecule is C1COCCN1.N.OCCOCCO. The Morgan fingerprint density at radius 2 is 1.57 bits per heavy atom. The van der Waals surface area contributed by atoms with Crippen LogP contribution in [0.5, 0.6) is 0 Å². The number of rotatable bonds is 4. The molecule has 0 atom stereocenters. The minimum Gasteiger partial charge on any atom is -0.394 e. The molecule has 0 saturated carbocycles. The van der Waals surface area contributed by atoms with Crippen LogP contribution in [-0.4, -0.2) is 62.9 Å². The first kappa shape index (κ1) is 16.2. The van der Waals surface area contributed by atoms with Crippen LogP contribution in [0.2, 0.25) is 0 Å². The number of aliphatic hydroxyl groups excluding tert-OH is 2. The standard InChI is InChI=1S/C4H9NO.C4H10O3.H3N/c1-3-6-4-2-5-1;5-1-3-7-4-2-6;/h5H,1-4H2;5-6H,1-4H2;1H3. The van der Waals surface area contributed by atoms with Crippen LogP contribution in [0.4, 0.5) is 0 Å². The Kier molecular flexibility index (Phi) is 17.6. The fourth-order valence-electron chi connectivity index (χ4n) is 0.747. The molecule has 0 bridgehead atoms. The van der Waals surface area contributed by atoms with Crippen LogP contribution >= 0.6 is 0 Å². The molecular formula is C8H22N2O4.